The van der Waals surface area contributed by atoms with E-state index in [-0.39, 0.29) is 5.91 Å². The summed E-state index contributed by atoms with van der Waals surface area (Å²) in [7, 11) is 5.77. The van der Waals surface area contributed by atoms with Crippen LogP contribution < -0.4 is 10.6 Å². The average Bonchev–Trinajstić information content (AvgIpc) is 2.13. The molecule has 0 radical (unpaired) electrons. The van der Waals surface area contributed by atoms with Crippen LogP contribution >= 0.6 is 0 Å². The molecule has 4 heteroatoms. The number of likely N-dealkylation sites (N-methyl/N-ethyl adjacent to an activating group) is 1. The third-order valence-corrected chi connectivity index (χ3v) is 1.89. The smallest absolute Gasteiger partial charge is 0.220 e. The van der Waals surface area contributed by atoms with Crippen LogP contribution in [0.2, 0.25) is 0 Å². The molecule has 0 saturated carbocycles. The van der Waals surface area contributed by atoms with Crippen molar-refractivity contribution in [1.82, 2.24) is 15.5 Å². The summed E-state index contributed by atoms with van der Waals surface area (Å²) in [5.41, 5.74) is 0.896. The summed E-state index contributed by atoms with van der Waals surface area (Å²) in [4.78, 5) is 13.3. The van der Waals surface area contributed by atoms with Crippen LogP contribution in [0.4, 0.5) is 0 Å². The second kappa shape index (κ2) is 7.38. The Balaban J connectivity index is 3.42. The molecule has 0 fully saturated rings. The molecule has 0 rings (SSSR count). The van der Waals surface area contributed by atoms with Gasteiger partial charge in [-0.2, -0.15) is 0 Å². The molecule has 0 aromatic carbocycles. The highest BCUT2D eigenvalue weighted by molar-refractivity contribution is 5.76. The summed E-state index contributed by atoms with van der Waals surface area (Å²) in [6.07, 6.45) is 1.21. The van der Waals surface area contributed by atoms with Gasteiger partial charge in [-0.15, -0.1) is 0 Å². The van der Waals surface area contributed by atoms with E-state index in [4.69, 9.17) is 0 Å². The molecule has 1 amide bonds. The molecule has 0 aliphatic heterocycles. The highest BCUT2D eigenvalue weighted by atomic mass is 16.1. The molecule has 0 aromatic heterocycles. The zero-order chi connectivity index (χ0) is 11.0. The number of nitrogens with one attached hydrogen (secondary N) is 2. The number of allylic oxidation sites excluding steroid dienone is 1. The molecule has 0 heterocycles. The van der Waals surface area contributed by atoms with Crippen LogP contribution in [0.3, 0.4) is 0 Å². The number of carbonyl (C=O) groups is 1. The van der Waals surface area contributed by atoms with Crippen molar-refractivity contribution in [2.45, 2.75) is 12.8 Å². The van der Waals surface area contributed by atoms with Gasteiger partial charge in [0, 0.05) is 32.3 Å². The van der Waals surface area contributed by atoms with Crippen LogP contribution in [-0.2, 0) is 4.79 Å². The molecular formula is C10H21N3O. The maximum absolute atomic E-state index is 11.2. The standard InChI is InChI=1S/C10H21N3O/c1-9(11-2)5-6-10(14)12-7-8-13(3)4/h11H,1,5-8H2,2-4H3,(H,12,14). The number of hydrogen-bond acceptors (Lipinski definition) is 3. The van der Waals surface area contributed by atoms with Crippen LogP contribution in [0.15, 0.2) is 12.3 Å². The SMILES string of the molecule is C=C(CCC(=O)NCCN(C)C)NC. The lowest BCUT2D eigenvalue weighted by atomic mass is 10.2. The van der Waals surface area contributed by atoms with E-state index in [2.05, 4.69) is 17.2 Å². The third kappa shape index (κ3) is 7.61. The summed E-state index contributed by atoms with van der Waals surface area (Å²) >= 11 is 0. The zero-order valence-corrected chi connectivity index (χ0v) is 9.39. The van der Waals surface area contributed by atoms with Gasteiger partial charge in [-0.1, -0.05) is 6.58 Å². The monoisotopic (exact) mass is 199 g/mol. The van der Waals surface area contributed by atoms with E-state index < -0.39 is 0 Å². The lowest BCUT2D eigenvalue weighted by Gasteiger charge is -2.10. The Hall–Kier alpha value is -1.03. The fourth-order valence-corrected chi connectivity index (χ4v) is 0.897. The lowest BCUT2D eigenvalue weighted by Crippen LogP contribution is -2.31. The Kier molecular flexibility index (Phi) is 6.84. The van der Waals surface area contributed by atoms with E-state index in [9.17, 15) is 4.79 Å². The van der Waals surface area contributed by atoms with E-state index in [1.165, 1.54) is 0 Å². The highest BCUT2D eigenvalue weighted by Crippen LogP contribution is 1.96. The van der Waals surface area contributed by atoms with Gasteiger partial charge < -0.3 is 15.5 Å². The molecule has 4 nitrogen and oxygen atoms in total. The fourth-order valence-electron chi connectivity index (χ4n) is 0.897. The summed E-state index contributed by atoms with van der Waals surface area (Å²) in [5.74, 6) is 0.0863. The molecule has 0 aromatic rings. The lowest BCUT2D eigenvalue weighted by molar-refractivity contribution is -0.121. The van der Waals surface area contributed by atoms with E-state index in [0.717, 1.165) is 12.2 Å². The van der Waals surface area contributed by atoms with Crippen LogP contribution in [0.1, 0.15) is 12.8 Å². The van der Waals surface area contributed by atoms with Crippen molar-refractivity contribution >= 4 is 5.91 Å². The number of nitrogens with zero attached hydrogens (tertiary/aromatic N) is 1. The first-order valence-electron chi connectivity index (χ1n) is 4.83. The minimum Gasteiger partial charge on any atom is -0.392 e. The third-order valence-electron chi connectivity index (χ3n) is 1.89. The first kappa shape index (κ1) is 13.0. The van der Waals surface area contributed by atoms with Crippen LogP contribution in [0.25, 0.3) is 0 Å². The van der Waals surface area contributed by atoms with E-state index >= 15 is 0 Å². The van der Waals surface area contributed by atoms with Crippen molar-refractivity contribution in [1.29, 1.82) is 0 Å². The van der Waals surface area contributed by atoms with E-state index in [1.807, 2.05) is 26.0 Å². The number of rotatable bonds is 7. The summed E-state index contributed by atoms with van der Waals surface area (Å²) in [5, 5.41) is 5.76. The molecule has 0 atom stereocenters. The quantitative estimate of drug-likeness (QED) is 0.614. The highest BCUT2D eigenvalue weighted by Gasteiger charge is 2.01. The van der Waals surface area contributed by atoms with Crippen molar-refractivity contribution in [3.05, 3.63) is 12.3 Å². The first-order valence-corrected chi connectivity index (χ1v) is 4.83. The molecule has 2 N–H and O–H groups in total. The van der Waals surface area contributed by atoms with Crippen LogP contribution in [-0.4, -0.2) is 45.0 Å². The normalized spacial score (nSPS) is 10.0. The predicted molar refractivity (Wildman–Crippen MR) is 59.0 cm³/mol. The van der Waals surface area contributed by atoms with Gasteiger partial charge in [0.2, 0.25) is 5.91 Å². The van der Waals surface area contributed by atoms with Crippen LogP contribution in [0, 0.1) is 0 Å². The number of hydrogen-bond donors (Lipinski definition) is 2. The average molecular weight is 199 g/mol. The Morgan fingerprint density at radius 2 is 2.00 bits per heavy atom. The fraction of sp³-hybridized carbons (Fsp3) is 0.700. The maximum atomic E-state index is 11.2. The van der Waals surface area contributed by atoms with Crippen molar-refractivity contribution in [2.24, 2.45) is 0 Å². The number of carbonyl (C=O) groups excluding carboxylic acids is 1. The van der Waals surface area contributed by atoms with E-state index in [0.29, 0.717) is 19.4 Å². The molecule has 0 aliphatic carbocycles. The van der Waals surface area contributed by atoms with Crippen molar-refractivity contribution in [3.63, 3.8) is 0 Å². The second-order valence-electron chi connectivity index (χ2n) is 3.51. The second-order valence-corrected chi connectivity index (χ2v) is 3.51. The molecule has 0 bridgehead atoms. The van der Waals surface area contributed by atoms with Gasteiger partial charge in [0.05, 0.1) is 0 Å². The molecule has 0 aliphatic rings. The molecule has 0 spiro atoms. The van der Waals surface area contributed by atoms with Crippen LogP contribution in [0.5, 0.6) is 0 Å². The summed E-state index contributed by atoms with van der Waals surface area (Å²) < 4.78 is 0. The predicted octanol–water partition coefficient (Wildman–Crippen LogP) is 0.178. The van der Waals surface area contributed by atoms with Gasteiger partial charge >= 0.3 is 0 Å². The van der Waals surface area contributed by atoms with Gasteiger partial charge in [-0.05, 0) is 20.5 Å². The molecule has 14 heavy (non-hydrogen) atoms. The summed E-state index contributed by atoms with van der Waals surface area (Å²) in [6.45, 7) is 5.33. The van der Waals surface area contributed by atoms with Crippen molar-refractivity contribution < 1.29 is 4.79 Å². The first-order chi connectivity index (χ1) is 6.56. The zero-order valence-electron chi connectivity index (χ0n) is 9.39. The Morgan fingerprint density at radius 3 is 2.50 bits per heavy atom. The Labute approximate surface area is 86.4 Å². The van der Waals surface area contributed by atoms with Gasteiger partial charge in [0.15, 0.2) is 0 Å². The Bertz CT molecular complexity index is 190. The van der Waals surface area contributed by atoms with E-state index in [1.54, 1.807) is 0 Å². The largest absolute Gasteiger partial charge is 0.392 e. The molecule has 0 saturated heterocycles. The molecular weight excluding hydrogens is 178 g/mol. The Morgan fingerprint density at radius 1 is 1.36 bits per heavy atom. The minimum atomic E-state index is 0.0863. The maximum Gasteiger partial charge on any atom is 0.220 e. The van der Waals surface area contributed by atoms with Gasteiger partial charge in [-0.25, -0.2) is 0 Å². The minimum absolute atomic E-state index is 0.0863. The van der Waals surface area contributed by atoms with Crippen molar-refractivity contribution in [3.8, 4) is 0 Å². The summed E-state index contributed by atoms with van der Waals surface area (Å²) in [6, 6.07) is 0. The van der Waals surface area contributed by atoms with Gasteiger partial charge in [0.1, 0.15) is 0 Å². The molecule has 82 valence electrons. The topological polar surface area (TPSA) is 44.4 Å². The van der Waals surface area contributed by atoms with Gasteiger partial charge in [0.25, 0.3) is 0 Å². The van der Waals surface area contributed by atoms with Crippen molar-refractivity contribution in [2.75, 3.05) is 34.2 Å². The number of amides is 1. The molecule has 0 unspecified atom stereocenters. The van der Waals surface area contributed by atoms with Gasteiger partial charge in [-0.3, -0.25) is 4.79 Å².